The number of ether oxygens (including phenoxy) is 1. The van der Waals surface area contributed by atoms with Gasteiger partial charge >= 0.3 is 0 Å². The van der Waals surface area contributed by atoms with Crippen molar-refractivity contribution in [2.24, 2.45) is 5.92 Å². The molecule has 1 saturated carbocycles. The van der Waals surface area contributed by atoms with E-state index in [4.69, 9.17) is 4.74 Å². The van der Waals surface area contributed by atoms with Crippen molar-refractivity contribution in [3.8, 4) is 5.75 Å². The summed E-state index contributed by atoms with van der Waals surface area (Å²) >= 11 is 6.82. The third kappa shape index (κ3) is 3.08. The van der Waals surface area contributed by atoms with Gasteiger partial charge in [-0.1, -0.05) is 12.8 Å². The van der Waals surface area contributed by atoms with E-state index in [-0.39, 0.29) is 0 Å². The number of benzene rings is 1. The van der Waals surface area contributed by atoms with Crippen LogP contribution in [0.25, 0.3) is 0 Å². The Labute approximate surface area is 112 Å². The van der Waals surface area contributed by atoms with Crippen LogP contribution >= 0.6 is 31.9 Å². The van der Waals surface area contributed by atoms with Crippen molar-refractivity contribution in [3.63, 3.8) is 0 Å². The fraction of sp³-hybridized carbons (Fsp3) is 0.417. The van der Waals surface area contributed by atoms with Gasteiger partial charge < -0.3 is 4.74 Å². The maximum atomic E-state index is 10.7. The number of carbonyl (C=O) groups is 1. The second-order valence-corrected chi connectivity index (χ2v) is 5.72. The van der Waals surface area contributed by atoms with Gasteiger partial charge in [0.25, 0.3) is 0 Å². The summed E-state index contributed by atoms with van der Waals surface area (Å²) in [6.07, 6.45) is 4.63. The van der Waals surface area contributed by atoms with E-state index < -0.39 is 0 Å². The Morgan fingerprint density at radius 1 is 1.31 bits per heavy atom. The number of hydrogen-bond donors (Lipinski definition) is 0. The normalized spacial score (nSPS) is 14.9. The maximum absolute atomic E-state index is 10.7. The lowest BCUT2D eigenvalue weighted by Gasteiger charge is -2.10. The molecule has 0 N–H and O–H groups in total. The van der Waals surface area contributed by atoms with Crippen LogP contribution in [0.4, 0.5) is 0 Å². The molecule has 1 fully saturated rings. The van der Waals surface area contributed by atoms with Gasteiger partial charge in [0.15, 0.2) is 0 Å². The number of halogens is 2. The summed E-state index contributed by atoms with van der Waals surface area (Å²) in [6.45, 7) is 0.738. The molecular weight excluding hydrogens is 336 g/mol. The van der Waals surface area contributed by atoms with Crippen molar-refractivity contribution in [1.29, 1.82) is 0 Å². The first kappa shape index (κ1) is 12.1. The van der Waals surface area contributed by atoms with Crippen molar-refractivity contribution >= 4 is 38.1 Å². The Bertz CT molecular complexity index is 377. The van der Waals surface area contributed by atoms with Gasteiger partial charge in [0.1, 0.15) is 12.0 Å². The van der Waals surface area contributed by atoms with Gasteiger partial charge in [0.05, 0.1) is 15.6 Å². The smallest absolute Gasteiger partial charge is 0.150 e. The van der Waals surface area contributed by atoms with E-state index in [9.17, 15) is 4.79 Å². The van der Waals surface area contributed by atoms with Crippen molar-refractivity contribution in [1.82, 2.24) is 0 Å². The molecule has 1 aromatic carbocycles. The molecule has 0 saturated heterocycles. The highest BCUT2D eigenvalue weighted by atomic mass is 79.9. The number of hydrogen-bond acceptors (Lipinski definition) is 2. The van der Waals surface area contributed by atoms with Crippen LogP contribution in [0.3, 0.4) is 0 Å². The molecule has 2 nitrogen and oxygen atoms in total. The van der Waals surface area contributed by atoms with E-state index in [0.29, 0.717) is 5.56 Å². The Balaban J connectivity index is 2.03. The van der Waals surface area contributed by atoms with Gasteiger partial charge in [-0.25, -0.2) is 0 Å². The van der Waals surface area contributed by atoms with E-state index in [1.54, 1.807) is 12.1 Å². The minimum absolute atomic E-state index is 0.633. The van der Waals surface area contributed by atoms with Crippen molar-refractivity contribution in [2.45, 2.75) is 19.3 Å². The highest BCUT2D eigenvalue weighted by molar-refractivity contribution is 9.11. The van der Waals surface area contributed by atoms with Crippen molar-refractivity contribution < 1.29 is 9.53 Å². The van der Waals surface area contributed by atoms with Crippen LogP contribution in [-0.4, -0.2) is 12.9 Å². The molecule has 1 aromatic rings. The van der Waals surface area contributed by atoms with Gasteiger partial charge in [0.2, 0.25) is 0 Å². The summed E-state index contributed by atoms with van der Waals surface area (Å²) in [5.74, 6) is 1.65. The summed E-state index contributed by atoms with van der Waals surface area (Å²) < 4.78 is 7.35. The molecule has 2 rings (SSSR count). The van der Waals surface area contributed by atoms with Gasteiger partial charge in [-0.3, -0.25) is 4.79 Å². The Kier molecular flexibility index (Phi) is 4.03. The number of rotatable bonds is 5. The zero-order chi connectivity index (χ0) is 11.5. The molecule has 16 heavy (non-hydrogen) atoms. The van der Waals surface area contributed by atoms with Gasteiger partial charge in [-0.2, -0.15) is 0 Å². The molecule has 0 heterocycles. The number of carbonyl (C=O) groups excluding carboxylic acids is 1. The maximum Gasteiger partial charge on any atom is 0.150 e. The quantitative estimate of drug-likeness (QED) is 0.746. The van der Waals surface area contributed by atoms with E-state index in [1.807, 2.05) is 0 Å². The van der Waals surface area contributed by atoms with Gasteiger partial charge in [-0.05, 0) is 56.3 Å². The molecule has 4 heteroatoms. The third-order valence-corrected chi connectivity index (χ3v) is 3.80. The lowest BCUT2D eigenvalue weighted by atomic mass is 10.2. The predicted molar refractivity (Wildman–Crippen MR) is 70.1 cm³/mol. The minimum atomic E-state index is 0.633. The molecule has 0 amide bonds. The van der Waals surface area contributed by atoms with Crippen LogP contribution in [0.2, 0.25) is 0 Å². The molecule has 0 unspecified atom stereocenters. The average Bonchev–Trinajstić information content (AvgIpc) is 3.05. The van der Waals surface area contributed by atoms with E-state index in [1.165, 1.54) is 12.8 Å². The van der Waals surface area contributed by atoms with Crippen molar-refractivity contribution in [3.05, 3.63) is 26.6 Å². The topological polar surface area (TPSA) is 26.3 Å². The molecule has 0 atom stereocenters. The molecule has 0 bridgehead atoms. The van der Waals surface area contributed by atoms with Crippen molar-refractivity contribution in [2.75, 3.05) is 6.61 Å². The lowest BCUT2D eigenvalue weighted by molar-refractivity contribution is 0.112. The molecule has 86 valence electrons. The molecule has 0 aliphatic heterocycles. The monoisotopic (exact) mass is 346 g/mol. The van der Waals surface area contributed by atoms with Crippen LogP contribution in [0.15, 0.2) is 21.1 Å². The highest BCUT2D eigenvalue weighted by Crippen LogP contribution is 2.36. The second-order valence-electron chi connectivity index (χ2n) is 4.01. The molecule has 0 aromatic heterocycles. The van der Waals surface area contributed by atoms with E-state index in [2.05, 4.69) is 31.9 Å². The SMILES string of the molecule is O=Cc1cc(Br)c(OCCC2CC2)c(Br)c1. The highest BCUT2D eigenvalue weighted by Gasteiger charge is 2.21. The van der Waals surface area contributed by atoms with Crippen LogP contribution < -0.4 is 4.74 Å². The Hall–Kier alpha value is -0.350. The molecule has 0 radical (unpaired) electrons. The fourth-order valence-electron chi connectivity index (χ4n) is 1.52. The zero-order valence-corrected chi connectivity index (χ0v) is 11.9. The Morgan fingerprint density at radius 3 is 2.44 bits per heavy atom. The van der Waals surface area contributed by atoms with Gasteiger partial charge in [-0.15, -0.1) is 0 Å². The van der Waals surface area contributed by atoms with Crippen LogP contribution in [-0.2, 0) is 0 Å². The van der Waals surface area contributed by atoms with Crippen LogP contribution in [0.5, 0.6) is 5.75 Å². The van der Waals surface area contributed by atoms with E-state index >= 15 is 0 Å². The summed E-state index contributed by atoms with van der Waals surface area (Å²) in [5.41, 5.74) is 0.633. The third-order valence-electron chi connectivity index (χ3n) is 2.63. The molecular formula is C12H12Br2O2. The van der Waals surface area contributed by atoms with Crippen LogP contribution in [0, 0.1) is 5.92 Å². The first-order chi connectivity index (χ1) is 7.70. The summed E-state index contributed by atoms with van der Waals surface area (Å²) in [5, 5.41) is 0. The summed E-state index contributed by atoms with van der Waals surface area (Å²) in [7, 11) is 0. The number of aldehydes is 1. The predicted octanol–water partition coefficient (Wildman–Crippen LogP) is 4.20. The lowest BCUT2D eigenvalue weighted by Crippen LogP contribution is -2.00. The second kappa shape index (κ2) is 5.32. The fourth-order valence-corrected chi connectivity index (χ4v) is 2.97. The van der Waals surface area contributed by atoms with Crippen LogP contribution in [0.1, 0.15) is 29.6 Å². The molecule has 1 aliphatic carbocycles. The molecule has 0 spiro atoms. The zero-order valence-electron chi connectivity index (χ0n) is 8.71. The summed E-state index contributed by atoms with van der Waals surface area (Å²) in [6, 6.07) is 3.54. The molecule has 1 aliphatic rings. The Morgan fingerprint density at radius 2 is 1.94 bits per heavy atom. The average molecular weight is 348 g/mol. The standard InChI is InChI=1S/C12H12Br2O2/c13-10-5-9(7-15)6-11(14)12(10)16-4-3-8-1-2-8/h5-8H,1-4H2. The van der Waals surface area contributed by atoms with E-state index in [0.717, 1.165) is 39.9 Å². The summed E-state index contributed by atoms with van der Waals surface area (Å²) in [4.78, 5) is 10.7. The largest absolute Gasteiger partial charge is 0.491 e. The van der Waals surface area contributed by atoms with Gasteiger partial charge in [0, 0.05) is 5.56 Å². The minimum Gasteiger partial charge on any atom is -0.491 e. The first-order valence-electron chi connectivity index (χ1n) is 5.27. The first-order valence-corrected chi connectivity index (χ1v) is 6.86.